The van der Waals surface area contributed by atoms with E-state index in [2.05, 4.69) is 13.0 Å². The number of ether oxygens (including phenoxy) is 2. The largest absolute Gasteiger partial charge is 0.454 e. The maximum atomic E-state index is 13.4. The molecule has 162 valence electrons. The molecule has 1 aromatic heterocycles. The summed E-state index contributed by atoms with van der Waals surface area (Å²) in [5, 5.41) is 2.04. The van der Waals surface area contributed by atoms with Crippen molar-refractivity contribution in [3.05, 3.63) is 45.6 Å². The smallest absolute Gasteiger partial charge is 0.242 e. The molecule has 7 heteroatoms. The van der Waals surface area contributed by atoms with Crippen molar-refractivity contribution in [3.63, 3.8) is 0 Å². The quantitative estimate of drug-likeness (QED) is 0.593. The number of hydrogen-bond donors (Lipinski definition) is 0. The third-order valence-corrected chi connectivity index (χ3v) is 6.52. The van der Waals surface area contributed by atoms with E-state index in [1.807, 2.05) is 49.3 Å². The summed E-state index contributed by atoms with van der Waals surface area (Å²) in [5.41, 5.74) is 2.14. The summed E-state index contributed by atoms with van der Waals surface area (Å²) < 4.78 is 10.9. The number of benzene rings is 1. The normalized spacial score (nSPS) is 13.2. The van der Waals surface area contributed by atoms with Crippen molar-refractivity contribution in [2.45, 2.75) is 59.7 Å². The zero-order valence-corrected chi connectivity index (χ0v) is 19.0. The van der Waals surface area contributed by atoms with Crippen LogP contribution in [0.15, 0.2) is 29.6 Å². The molecular weight excluding hydrogens is 400 g/mol. The van der Waals surface area contributed by atoms with Gasteiger partial charge in [-0.2, -0.15) is 0 Å². The minimum Gasteiger partial charge on any atom is -0.454 e. The molecule has 0 saturated heterocycles. The van der Waals surface area contributed by atoms with Crippen molar-refractivity contribution in [1.29, 1.82) is 0 Å². The molecule has 0 saturated carbocycles. The number of nitrogens with zero attached hydrogens (tertiary/aromatic N) is 2. The predicted octanol–water partition coefficient (Wildman–Crippen LogP) is 4.35. The molecule has 0 N–H and O–H groups in total. The number of aryl methyl sites for hydroxylation is 1. The van der Waals surface area contributed by atoms with Gasteiger partial charge in [0.25, 0.3) is 0 Å². The Hall–Kier alpha value is -2.54. The van der Waals surface area contributed by atoms with Gasteiger partial charge in [-0.25, -0.2) is 0 Å². The lowest BCUT2D eigenvalue weighted by atomic mass is 10.1. The highest BCUT2D eigenvalue weighted by atomic mass is 32.1. The molecule has 1 atom stereocenters. The lowest BCUT2D eigenvalue weighted by Crippen LogP contribution is -2.46. The van der Waals surface area contributed by atoms with Gasteiger partial charge in [-0.15, -0.1) is 11.3 Å². The highest BCUT2D eigenvalue weighted by Gasteiger charge is 2.25. The number of hydrogen-bond acceptors (Lipinski definition) is 5. The van der Waals surface area contributed by atoms with Crippen LogP contribution in [-0.2, 0) is 22.7 Å². The first-order valence-corrected chi connectivity index (χ1v) is 11.3. The van der Waals surface area contributed by atoms with Gasteiger partial charge in [0.15, 0.2) is 11.5 Å². The van der Waals surface area contributed by atoms with Crippen LogP contribution in [0.1, 0.15) is 49.6 Å². The van der Waals surface area contributed by atoms with Crippen LogP contribution in [0.4, 0.5) is 0 Å². The Morgan fingerprint density at radius 2 is 1.87 bits per heavy atom. The van der Waals surface area contributed by atoms with Crippen LogP contribution in [-0.4, -0.2) is 41.0 Å². The van der Waals surface area contributed by atoms with Crippen LogP contribution in [0.25, 0.3) is 0 Å². The van der Waals surface area contributed by atoms with Crippen LogP contribution in [0.2, 0.25) is 0 Å². The zero-order chi connectivity index (χ0) is 21.7. The van der Waals surface area contributed by atoms with Crippen molar-refractivity contribution in [2.75, 3.05) is 13.3 Å². The second-order valence-corrected chi connectivity index (χ2v) is 8.60. The topological polar surface area (TPSA) is 59.1 Å². The minimum absolute atomic E-state index is 0.00744. The molecule has 30 heavy (non-hydrogen) atoms. The Kier molecular flexibility index (Phi) is 7.37. The Bertz CT molecular complexity index is 895. The summed E-state index contributed by atoms with van der Waals surface area (Å²) in [7, 11) is 0. The number of carbonyl (C=O) groups is 2. The summed E-state index contributed by atoms with van der Waals surface area (Å²) in [6.45, 7) is 9.20. The first kappa shape index (κ1) is 22.2. The van der Waals surface area contributed by atoms with Gasteiger partial charge in [-0.1, -0.05) is 19.9 Å². The van der Waals surface area contributed by atoms with Gasteiger partial charge in [0.1, 0.15) is 6.54 Å². The van der Waals surface area contributed by atoms with Crippen molar-refractivity contribution in [1.82, 2.24) is 9.80 Å². The van der Waals surface area contributed by atoms with Crippen molar-refractivity contribution >= 4 is 23.2 Å². The molecular formula is C23H30N2O4S. The standard InChI is InChI=1S/C23H30N2O4S/c1-5-17(4)25(22(26)6-2)14-23(27)24(13-21-16(3)9-10-30-21)12-18-7-8-19-20(11-18)29-15-28-19/h7-11,17H,5-6,12-15H2,1-4H3. The van der Waals surface area contributed by atoms with E-state index >= 15 is 0 Å². The van der Waals surface area contributed by atoms with Gasteiger partial charge in [0.05, 0.1) is 6.54 Å². The minimum atomic E-state index is -0.0532. The van der Waals surface area contributed by atoms with Crippen LogP contribution in [0.5, 0.6) is 11.5 Å². The van der Waals surface area contributed by atoms with E-state index in [0.717, 1.165) is 22.6 Å². The summed E-state index contributed by atoms with van der Waals surface area (Å²) in [4.78, 5) is 30.5. The molecule has 1 aliphatic rings. The molecule has 0 bridgehead atoms. The van der Waals surface area contributed by atoms with E-state index in [1.54, 1.807) is 16.2 Å². The summed E-state index contributed by atoms with van der Waals surface area (Å²) in [5.74, 6) is 1.38. The van der Waals surface area contributed by atoms with E-state index in [4.69, 9.17) is 9.47 Å². The molecule has 3 rings (SSSR count). The van der Waals surface area contributed by atoms with Crippen molar-refractivity contribution < 1.29 is 19.1 Å². The molecule has 2 aromatic rings. The average molecular weight is 431 g/mol. The third kappa shape index (κ3) is 5.14. The van der Waals surface area contributed by atoms with Gasteiger partial charge in [0.2, 0.25) is 18.6 Å². The third-order valence-electron chi connectivity index (χ3n) is 5.52. The Balaban J connectivity index is 1.81. The van der Waals surface area contributed by atoms with Gasteiger partial charge >= 0.3 is 0 Å². The van der Waals surface area contributed by atoms with E-state index in [-0.39, 0.29) is 31.2 Å². The summed E-state index contributed by atoms with van der Waals surface area (Å²) >= 11 is 1.65. The van der Waals surface area contributed by atoms with Crippen LogP contribution < -0.4 is 9.47 Å². The number of fused-ring (bicyclic) bond motifs is 1. The molecule has 0 spiro atoms. The lowest BCUT2D eigenvalue weighted by Gasteiger charge is -2.31. The van der Waals surface area contributed by atoms with E-state index in [1.165, 1.54) is 5.56 Å². The second-order valence-electron chi connectivity index (χ2n) is 7.60. The molecule has 1 unspecified atom stereocenters. The molecule has 0 fully saturated rings. The fourth-order valence-electron chi connectivity index (χ4n) is 3.39. The van der Waals surface area contributed by atoms with E-state index in [9.17, 15) is 9.59 Å². The fourth-order valence-corrected chi connectivity index (χ4v) is 4.31. The van der Waals surface area contributed by atoms with Gasteiger partial charge in [-0.05, 0) is 55.0 Å². The summed E-state index contributed by atoms with van der Waals surface area (Å²) in [6.07, 6.45) is 1.20. The molecule has 2 amide bonds. The van der Waals surface area contributed by atoms with E-state index in [0.29, 0.717) is 25.3 Å². The molecule has 6 nitrogen and oxygen atoms in total. The van der Waals surface area contributed by atoms with Crippen molar-refractivity contribution in [3.8, 4) is 11.5 Å². The van der Waals surface area contributed by atoms with Crippen molar-refractivity contribution in [2.24, 2.45) is 0 Å². The molecule has 1 aromatic carbocycles. The first-order chi connectivity index (χ1) is 14.4. The molecule has 1 aliphatic heterocycles. The number of amides is 2. The molecule has 2 heterocycles. The number of rotatable bonds is 9. The maximum Gasteiger partial charge on any atom is 0.242 e. The molecule has 0 radical (unpaired) electrons. The maximum absolute atomic E-state index is 13.4. The highest BCUT2D eigenvalue weighted by Crippen LogP contribution is 2.33. The zero-order valence-electron chi connectivity index (χ0n) is 18.1. The average Bonchev–Trinajstić information content (AvgIpc) is 3.38. The number of carbonyl (C=O) groups excluding carboxylic acids is 2. The highest BCUT2D eigenvalue weighted by molar-refractivity contribution is 7.10. The van der Waals surface area contributed by atoms with Crippen LogP contribution in [0, 0.1) is 6.92 Å². The van der Waals surface area contributed by atoms with Gasteiger partial charge in [-0.3, -0.25) is 9.59 Å². The second kappa shape index (κ2) is 9.98. The SMILES string of the molecule is CCC(=O)N(CC(=O)N(Cc1ccc2c(c1)OCO2)Cc1sccc1C)C(C)CC. The fraction of sp³-hybridized carbons (Fsp3) is 0.478. The first-order valence-electron chi connectivity index (χ1n) is 10.4. The Morgan fingerprint density at radius 1 is 1.10 bits per heavy atom. The van der Waals surface area contributed by atoms with Gasteiger partial charge in [0, 0.05) is 23.9 Å². The van der Waals surface area contributed by atoms with Gasteiger partial charge < -0.3 is 19.3 Å². The van der Waals surface area contributed by atoms with E-state index < -0.39 is 0 Å². The summed E-state index contributed by atoms with van der Waals surface area (Å²) in [6, 6.07) is 7.85. The van der Waals surface area contributed by atoms with Crippen LogP contribution >= 0.6 is 11.3 Å². The monoisotopic (exact) mass is 430 g/mol. The molecule has 0 aliphatic carbocycles. The Morgan fingerprint density at radius 3 is 2.53 bits per heavy atom. The number of thiophene rings is 1. The predicted molar refractivity (Wildman–Crippen MR) is 118 cm³/mol. The van der Waals surface area contributed by atoms with Crippen LogP contribution in [0.3, 0.4) is 0 Å². The Labute approximate surface area is 182 Å². The lowest BCUT2D eigenvalue weighted by molar-refractivity contribution is -0.142.